The van der Waals surface area contributed by atoms with Crippen molar-refractivity contribution < 1.29 is 4.79 Å². The highest BCUT2D eigenvalue weighted by Crippen LogP contribution is 2.09. The topological polar surface area (TPSA) is 44.4 Å². The molecule has 100 valence electrons. The van der Waals surface area contributed by atoms with Gasteiger partial charge in [-0.1, -0.05) is 19.1 Å². The summed E-state index contributed by atoms with van der Waals surface area (Å²) in [5, 5.41) is 6.15. The summed E-state index contributed by atoms with van der Waals surface area (Å²) in [6.07, 6.45) is 0. The maximum Gasteiger partial charge on any atom is 0.221 e. The van der Waals surface area contributed by atoms with E-state index in [9.17, 15) is 4.79 Å². The monoisotopic (exact) mass is 249 g/mol. The van der Waals surface area contributed by atoms with Crippen molar-refractivity contribution in [3.05, 3.63) is 29.8 Å². The molecule has 0 aromatic heterocycles. The van der Waals surface area contributed by atoms with E-state index in [1.54, 1.807) is 0 Å². The number of benzene rings is 1. The molecule has 4 nitrogen and oxygen atoms in total. The van der Waals surface area contributed by atoms with E-state index in [0.29, 0.717) is 0 Å². The van der Waals surface area contributed by atoms with Gasteiger partial charge in [-0.05, 0) is 31.3 Å². The summed E-state index contributed by atoms with van der Waals surface area (Å²) in [5.74, 6) is -0.0384. The highest BCUT2D eigenvalue weighted by molar-refractivity contribution is 5.88. The van der Waals surface area contributed by atoms with Crippen LogP contribution in [0.2, 0.25) is 0 Å². The Morgan fingerprint density at radius 2 is 1.94 bits per heavy atom. The van der Waals surface area contributed by atoms with Crippen LogP contribution in [-0.2, 0) is 11.3 Å². The summed E-state index contributed by atoms with van der Waals surface area (Å²) < 4.78 is 0. The van der Waals surface area contributed by atoms with Gasteiger partial charge in [-0.25, -0.2) is 0 Å². The van der Waals surface area contributed by atoms with E-state index in [0.717, 1.165) is 31.9 Å². The largest absolute Gasteiger partial charge is 0.326 e. The van der Waals surface area contributed by atoms with Gasteiger partial charge in [0.1, 0.15) is 0 Å². The van der Waals surface area contributed by atoms with Crippen LogP contribution in [0.5, 0.6) is 0 Å². The van der Waals surface area contributed by atoms with Crippen LogP contribution < -0.4 is 10.6 Å². The molecule has 0 aliphatic carbocycles. The Bertz CT molecular complexity index is 362. The molecule has 4 heteroatoms. The van der Waals surface area contributed by atoms with Crippen molar-refractivity contribution in [1.29, 1.82) is 0 Å². The predicted octanol–water partition coefficient (Wildman–Crippen LogP) is 1.69. The van der Waals surface area contributed by atoms with Crippen LogP contribution in [0.15, 0.2) is 24.3 Å². The van der Waals surface area contributed by atoms with Gasteiger partial charge in [0.25, 0.3) is 0 Å². The Labute approximate surface area is 109 Å². The second-order valence-electron chi connectivity index (χ2n) is 4.45. The van der Waals surface area contributed by atoms with Crippen LogP contribution in [-0.4, -0.2) is 37.5 Å². The van der Waals surface area contributed by atoms with Crippen LogP contribution in [0.1, 0.15) is 19.4 Å². The molecule has 18 heavy (non-hydrogen) atoms. The Kier molecular flexibility index (Phi) is 6.39. The second kappa shape index (κ2) is 7.84. The number of anilines is 1. The first-order valence-corrected chi connectivity index (χ1v) is 6.37. The number of carbonyl (C=O) groups is 1. The predicted molar refractivity (Wildman–Crippen MR) is 75.6 cm³/mol. The van der Waals surface area contributed by atoms with E-state index >= 15 is 0 Å². The Morgan fingerprint density at radius 1 is 1.28 bits per heavy atom. The Hall–Kier alpha value is -1.39. The van der Waals surface area contributed by atoms with Gasteiger partial charge in [-0.3, -0.25) is 4.79 Å². The van der Waals surface area contributed by atoms with E-state index in [4.69, 9.17) is 0 Å². The Morgan fingerprint density at radius 3 is 2.50 bits per heavy atom. The number of nitrogens with zero attached hydrogens (tertiary/aromatic N) is 1. The normalized spacial score (nSPS) is 10.7. The number of hydrogen-bond acceptors (Lipinski definition) is 3. The lowest BCUT2D eigenvalue weighted by Gasteiger charge is -2.14. The fourth-order valence-electron chi connectivity index (χ4n) is 1.57. The smallest absolute Gasteiger partial charge is 0.221 e. The van der Waals surface area contributed by atoms with Gasteiger partial charge in [0.2, 0.25) is 5.91 Å². The molecule has 0 saturated heterocycles. The number of nitrogens with one attached hydrogen (secondary N) is 2. The molecule has 0 bridgehead atoms. The number of carbonyl (C=O) groups excluding carboxylic acids is 1. The van der Waals surface area contributed by atoms with Crippen molar-refractivity contribution in [2.45, 2.75) is 20.4 Å². The van der Waals surface area contributed by atoms with Crippen molar-refractivity contribution in [3.8, 4) is 0 Å². The van der Waals surface area contributed by atoms with Crippen LogP contribution in [0, 0.1) is 0 Å². The average molecular weight is 249 g/mol. The maximum atomic E-state index is 10.9. The minimum absolute atomic E-state index is 0.0384. The molecule has 0 unspecified atom stereocenters. The fraction of sp³-hybridized carbons (Fsp3) is 0.500. The van der Waals surface area contributed by atoms with Crippen LogP contribution in [0.4, 0.5) is 5.69 Å². The first kappa shape index (κ1) is 14.7. The minimum Gasteiger partial charge on any atom is -0.326 e. The molecule has 0 fully saturated rings. The van der Waals surface area contributed by atoms with Crippen molar-refractivity contribution in [3.63, 3.8) is 0 Å². The third kappa shape index (κ3) is 5.80. The third-order valence-corrected chi connectivity index (χ3v) is 2.81. The third-order valence-electron chi connectivity index (χ3n) is 2.81. The molecule has 0 saturated carbocycles. The SMILES string of the molecule is CCN(C)CCNCc1ccc(NC(C)=O)cc1. The van der Waals surface area contributed by atoms with Gasteiger partial charge in [0, 0.05) is 32.2 Å². The van der Waals surface area contributed by atoms with Crippen molar-refractivity contribution in [2.24, 2.45) is 0 Å². The van der Waals surface area contributed by atoms with Crippen molar-refractivity contribution in [2.75, 3.05) is 32.0 Å². The van der Waals surface area contributed by atoms with Gasteiger partial charge >= 0.3 is 0 Å². The van der Waals surface area contributed by atoms with E-state index in [1.807, 2.05) is 24.3 Å². The molecule has 1 rings (SSSR count). The summed E-state index contributed by atoms with van der Waals surface area (Å²) in [6.45, 7) is 7.64. The lowest BCUT2D eigenvalue weighted by molar-refractivity contribution is -0.114. The molecule has 0 aliphatic heterocycles. The molecular formula is C14H23N3O. The number of likely N-dealkylation sites (N-methyl/N-ethyl adjacent to an activating group) is 1. The lowest BCUT2D eigenvalue weighted by atomic mass is 10.2. The average Bonchev–Trinajstić information content (AvgIpc) is 2.35. The van der Waals surface area contributed by atoms with Gasteiger partial charge in [0.15, 0.2) is 0 Å². The zero-order chi connectivity index (χ0) is 13.4. The number of rotatable bonds is 7. The summed E-state index contributed by atoms with van der Waals surface area (Å²) >= 11 is 0. The second-order valence-corrected chi connectivity index (χ2v) is 4.45. The van der Waals surface area contributed by atoms with E-state index < -0.39 is 0 Å². The Balaban J connectivity index is 2.28. The summed E-state index contributed by atoms with van der Waals surface area (Å²) in [5.41, 5.74) is 2.07. The maximum absolute atomic E-state index is 10.9. The molecule has 0 heterocycles. The molecule has 1 aromatic carbocycles. The zero-order valence-electron chi connectivity index (χ0n) is 11.5. The number of amides is 1. The van der Waals surface area contributed by atoms with E-state index in [2.05, 4.69) is 29.5 Å². The molecule has 2 N–H and O–H groups in total. The van der Waals surface area contributed by atoms with Crippen molar-refractivity contribution >= 4 is 11.6 Å². The van der Waals surface area contributed by atoms with E-state index in [-0.39, 0.29) is 5.91 Å². The standard InChI is InChI=1S/C14H23N3O/c1-4-17(3)10-9-15-11-13-5-7-14(8-6-13)16-12(2)18/h5-8,15H,4,9-11H2,1-3H3,(H,16,18). The molecule has 0 radical (unpaired) electrons. The van der Waals surface area contributed by atoms with Gasteiger partial charge in [-0.2, -0.15) is 0 Å². The highest BCUT2D eigenvalue weighted by atomic mass is 16.1. The van der Waals surface area contributed by atoms with Crippen molar-refractivity contribution in [1.82, 2.24) is 10.2 Å². The molecule has 0 aliphatic rings. The summed E-state index contributed by atoms with van der Waals surface area (Å²) in [6, 6.07) is 7.91. The fourth-order valence-corrected chi connectivity index (χ4v) is 1.57. The molecule has 0 spiro atoms. The van der Waals surface area contributed by atoms with Gasteiger partial charge in [0.05, 0.1) is 0 Å². The first-order chi connectivity index (χ1) is 8.61. The molecule has 0 atom stereocenters. The zero-order valence-corrected chi connectivity index (χ0v) is 11.5. The van der Waals surface area contributed by atoms with Crippen LogP contribution in [0.25, 0.3) is 0 Å². The quantitative estimate of drug-likeness (QED) is 0.723. The molecular weight excluding hydrogens is 226 g/mol. The lowest BCUT2D eigenvalue weighted by Crippen LogP contribution is -2.28. The van der Waals surface area contributed by atoms with Gasteiger partial charge in [-0.15, -0.1) is 0 Å². The highest BCUT2D eigenvalue weighted by Gasteiger charge is 1.97. The molecule has 1 aromatic rings. The number of hydrogen-bond donors (Lipinski definition) is 2. The minimum atomic E-state index is -0.0384. The molecule has 1 amide bonds. The first-order valence-electron chi connectivity index (χ1n) is 6.37. The summed E-state index contributed by atoms with van der Waals surface area (Å²) in [7, 11) is 2.11. The van der Waals surface area contributed by atoms with Crippen LogP contribution >= 0.6 is 0 Å². The summed E-state index contributed by atoms with van der Waals surface area (Å²) in [4.78, 5) is 13.1. The van der Waals surface area contributed by atoms with Crippen LogP contribution in [0.3, 0.4) is 0 Å². The van der Waals surface area contributed by atoms with E-state index in [1.165, 1.54) is 12.5 Å². The van der Waals surface area contributed by atoms with Gasteiger partial charge < -0.3 is 15.5 Å².